The highest BCUT2D eigenvalue weighted by atomic mass is 19.4. The van der Waals surface area contributed by atoms with Crippen LogP contribution in [0.4, 0.5) is 13.2 Å². The molecule has 8 bridgehead atoms. The number of hydrogen-bond acceptors (Lipinski definition) is 4. The molecule has 3 aromatic heterocycles. The van der Waals surface area contributed by atoms with E-state index in [1.807, 2.05) is 24.3 Å². The van der Waals surface area contributed by atoms with E-state index in [1.165, 1.54) is 0 Å². The van der Waals surface area contributed by atoms with Crippen LogP contribution in [0.3, 0.4) is 0 Å². The van der Waals surface area contributed by atoms with Crippen molar-refractivity contribution in [3.63, 3.8) is 0 Å². The Hall–Kier alpha value is -3.43. The molecule has 9 heteroatoms. The molecule has 5 heterocycles. The first-order valence-electron chi connectivity index (χ1n) is 21.0. The van der Waals surface area contributed by atoms with Crippen LogP contribution in [0.15, 0.2) is 24.3 Å². The first-order chi connectivity index (χ1) is 26.1. The molecule has 0 aliphatic carbocycles. The van der Waals surface area contributed by atoms with Crippen LogP contribution in [-0.4, -0.2) is 36.3 Å². The molecule has 54 heavy (non-hydrogen) atoms. The Kier molecular flexibility index (Phi) is 15.0. The molecule has 2 atom stereocenters. The van der Waals surface area contributed by atoms with Gasteiger partial charge in [0.25, 0.3) is 0 Å². The standard InChI is InChI=1S/C45H63F3N4O2/c1-5-9-13-17-21-31-35-25-26-36(49-35)32(22-18-14-10-6-2)38-28-30-40(51-38)34(24-20-16-12-8-4)42-44(54,45(46,47)48)43(53)41(52-42)33(23-19-15-11-7-3)39-29-27-37(31)50-39/h25-30,43,49,51,53-54H,5-24H2,1-4H3. The number of unbranched alkanes of at least 4 members (excludes halogenated alkanes) is 12. The minimum Gasteiger partial charge on any atom is -0.383 e. The van der Waals surface area contributed by atoms with Gasteiger partial charge in [0, 0.05) is 38.8 Å². The van der Waals surface area contributed by atoms with Gasteiger partial charge in [-0.15, -0.1) is 0 Å². The fraction of sp³-hybridized carbons (Fsp3) is 0.600. The summed E-state index contributed by atoms with van der Waals surface area (Å²) >= 11 is 0. The van der Waals surface area contributed by atoms with E-state index in [0.717, 1.165) is 136 Å². The fourth-order valence-electron chi connectivity index (χ4n) is 8.10. The van der Waals surface area contributed by atoms with Crippen LogP contribution in [0.1, 0.15) is 182 Å². The number of aliphatic hydroxyl groups excluding tert-OH is 1. The Morgan fingerprint density at radius 3 is 1.41 bits per heavy atom. The van der Waals surface area contributed by atoms with Crippen molar-refractivity contribution < 1.29 is 23.4 Å². The van der Waals surface area contributed by atoms with E-state index >= 15 is 13.2 Å². The molecule has 5 rings (SSSR count). The molecule has 6 nitrogen and oxygen atoms in total. The summed E-state index contributed by atoms with van der Waals surface area (Å²) in [5.41, 5.74) is 3.22. The van der Waals surface area contributed by atoms with Crippen LogP contribution in [0.25, 0.3) is 34.2 Å². The number of aromatic amines is 2. The quantitative estimate of drug-likeness (QED) is 0.0677. The fourth-order valence-corrected chi connectivity index (χ4v) is 8.10. The topological polar surface area (TPSA) is 97.8 Å². The van der Waals surface area contributed by atoms with Crippen molar-refractivity contribution in [1.82, 2.24) is 19.9 Å². The Bertz CT molecular complexity index is 1870. The Balaban J connectivity index is 1.90. The SMILES string of the molecule is CCCCCCc1c2nc(c(CCCCCC)c3ccc([nH]3)c(CCCCCC)c3ccc([nH]3)c(CCCCCC)c3nc1C(O)C3(O)C(F)(F)F)C=C2. The number of nitrogens with one attached hydrogen (secondary N) is 2. The first kappa shape index (κ1) is 41.7. The number of aromatic nitrogens is 4. The van der Waals surface area contributed by atoms with Gasteiger partial charge >= 0.3 is 6.18 Å². The molecular weight excluding hydrogens is 686 g/mol. The number of aliphatic hydroxyl groups is 2. The van der Waals surface area contributed by atoms with Crippen LogP contribution in [0, 0.1) is 0 Å². The van der Waals surface area contributed by atoms with Gasteiger partial charge in [-0.2, -0.15) is 13.2 Å². The number of rotatable bonds is 20. The second-order valence-corrected chi connectivity index (χ2v) is 15.5. The van der Waals surface area contributed by atoms with Crippen LogP contribution < -0.4 is 0 Å². The van der Waals surface area contributed by atoms with E-state index in [1.54, 1.807) is 0 Å². The number of halogens is 3. The van der Waals surface area contributed by atoms with Crippen LogP contribution in [-0.2, 0) is 31.3 Å². The monoisotopic (exact) mass is 748 g/mol. The van der Waals surface area contributed by atoms with Crippen molar-refractivity contribution in [2.45, 2.75) is 174 Å². The number of hydrogen-bond donors (Lipinski definition) is 4. The minimum absolute atomic E-state index is 0.134. The van der Waals surface area contributed by atoms with Crippen LogP contribution in [0.2, 0.25) is 0 Å². The molecule has 4 N–H and O–H groups in total. The number of H-pyrrole nitrogens is 2. The molecule has 0 saturated heterocycles. The summed E-state index contributed by atoms with van der Waals surface area (Å²) in [6.07, 6.45) is 14.2. The lowest BCUT2D eigenvalue weighted by Gasteiger charge is -2.30. The maximum Gasteiger partial charge on any atom is 0.426 e. The van der Waals surface area contributed by atoms with Gasteiger partial charge in [0.1, 0.15) is 6.10 Å². The van der Waals surface area contributed by atoms with Gasteiger partial charge in [0.2, 0.25) is 5.60 Å². The van der Waals surface area contributed by atoms with Gasteiger partial charge in [0.15, 0.2) is 0 Å². The highest BCUT2D eigenvalue weighted by Crippen LogP contribution is 2.52. The third kappa shape index (κ3) is 9.32. The third-order valence-corrected chi connectivity index (χ3v) is 11.3. The molecule has 0 saturated carbocycles. The summed E-state index contributed by atoms with van der Waals surface area (Å²) in [6, 6.07) is 8.04. The van der Waals surface area contributed by atoms with E-state index in [0.29, 0.717) is 41.6 Å². The summed E-state index contributed by atoms with van der Waals surface area (Å²) in [6.45, 7) is 8.59. The van der Waals surface area contributed by atoms with E-state index in [-0.39, 0.29) is 12.1 Å². The van der Waals surface area contributed by atoms with Crippen LogP contribution >= 0.6 is 0 Å². The predicted molar refractivity (Wildman–Crippen MR) is 216 cm³/mol. The van der Waals surface area contributed by atoms with E-state index in [4.69, 9.17) is 9.97 Å². The van der Waals surface area contributed by atoms with E-state index < -0.39 is 23.6 Å². The normalized spacial score (nSPS) is 17.2. The zero-order valence-corrected chi connectivity index (χ0v) is 33.1. The number of nitrogens with zero attached hydrogens (tertiary/aromatic N) is 2. The molecule has 0 spiro atoms. The molecular formula is C45H63F3N4O2. The van der Waals surface area contributed by atoms with Gasteiger partial charge in [0.05, 0.1) is 22.8 Å². The van der Waals surface area contributed by atoms with Crippen molar-refractivity contribution in [2.75, 3.05) is 0 Å². The molecule has 3 aromatic rings. The number of aryl methyl sites for hydroxylation is 3. The molecule has 0 radical (unpaired) electrons. The molecule has 2 unspecified atom stereocenters. The summed E-state index contributed by atoms with van der Waals surface area (Å²) in [5.74, 6) is 0. The van der Waals surface area contributed by atoms with Crippen molar-refractivity contribution in [2.24, 2.45) is 0 Å². The zero-order valence-electron chi connectivity index (χ0n) is 33.1. The largest absolute Gasteiger partial charge is 0.426 e. The smallest absolute Gasteiger partial charge is 0.383 e. The van der Waals surface area contributed by atoms with E-state index in [9.17, 15) is 10.2 Å². The lowest BCUT2D eigenvalue weighted by Crippen LogP contribution is -2.45. The molecule has 0 aromatic carbocycles. The number of alkyl halides is 3. The lowest BCUT2D eigenvalue weighted by atomic mass is 9.87. The predicted octanol–water partition coefficient (Wildman–Crippen LogP) is 12.5. The molecule has 0 fully saturated rings. The number of fused-ring (bicyclic) bond motifs is 8. The van der Waals surface area contributed by atoms with E-state index in [2.05, 4.69) is 49.8 Å². The average molecular weight is 749 g/mol. The molecule has 2 aliphatic rings. The highest BCUT2D eigenvalue weighted by molar-refractivity contribution is 5.80. The average Bonchev–Trinajstić information content (AvgIpc) is 3.97. The minimum atomic E-state index is -5.19. The lowest BCUT2D eigenvalue weighted by molar-refractivity contribution is -0.297. The molecule has 296 valence electrons. The third-order valence-electron chi connectivity index (χ3n) is 11.3. The Morgan fingerprint density at radius 1 is 0.556 bits per heavy atom. The Morgan fingerprint density at radius 2 is 0.944 bits per heavy atom. The van der Waals surface area contributed by atoms with Gasteiger partial charge in [-0.1, -0.05) is 105 Å². The van der Waals surface area contributed by atoms with Crippen molar-refractivity contribution in [3.8, 4) is 0 Å². The zero-order chi connectivity index (χ0) is 38.7. The summed E-state index contributed by atoms with van der Waals surface area (Å²) in [5, 5.41) is 23.7. The molecule has 2 aliphatic heterocycles. The Labute approximate surface area is 320 Å². The molecule has 0 amide bonds. The van der Waals surface area contributed by atoms with Gasteiger partial charge in [-0.3, -0.25) is 4.98 Å². The van der Waals surface area contributed by atoms with Gasteiger partial charge in [-0.05, 0) is 93.3 Å². The van der Waals surface area contributed by atoms with Gasteiger partial charge in [-0.25, -0.2) is 4.98 Å². The highest BCUT2D eigenvalue weighted by Gasteiger charge is 2.65. The second-order valence-electron chi connectivity index (χ2n) is 15.5. The van der Waals surface area contributed by atoms with Crippen LogP contribution in [0.5, 0.6) is 0 Å². The van der Waals surface area contributed by atoms with Crippen molar-refractivity contribution >= 4 is 34.2 Å². The summed E-state index contributed by atoms with van der Waals surface area (Å²) in [4.78, 5) is 17.1. The summed E-state index contributed by atoms with van der Waals surface area (Å²) in [7, 11) is 0. The van der Waals surface area contributed by atoms with Crippen molar-refractivity contribution in [1.29, 1.82) is 0 Å². The first-order valence-corrected chi connectivity index (χ1v) is 21.0. The maximum atomic E-state index is 15.4. The van der Waals surface area contributed by atoms with Gasteiger partial charge < -0.3 is 20.2 Å². The summed E-state index contributed by atoms with van der Waals surface area (Å²) < 4.78 is 46.1. The van der Waals surface area contributed by atoms with Crippen molar-refractivity contribution in [3.05, 3.63) is 69.3 Å². The maximum absolute atomic E-state index is 15.4. The second kappa shape index (κ2) is 19.4.